The predicted molar refractivity (Wildman–Crippen MR) is 82.3 cm³/mol. The zero-order valence-corrected chi connectivity index (χ0v) is 12.3. The van der Waals surface area contributed by atoms with Crippen molar-refractivity contribution in [2.75, 3.05) is 0 Å². The molecule has 1 aliphatic heterocycles. The molecule has 0 spiro atoms. The first-order chi connectivity index (χ1) is 10.1. The number of halogens is 1. The highest BCUT2D eigenvalue weighted by atomic mass is 35.5. The lowest BCUT2D eigenvalue weighted by Gasteiger charge is -2.34. The van der Waals surface area contributed by atoms with Crippen LogP contribution in [-0.2, 0) is 24.3 Å². The van der Waals surface area contributed by atoms with Gasteiger partial charge in [0.25, 0.3) is 0 Å². The minimum absolute atomic E-state index is 0.487. The lowest BCUT2D eigenvalue weighted by Crippen LogP contribution is -2.45. The molecule has 0 fully saturated rings. The molecule has 0 aliphatic carbocycles. The number of nitrogens with zero attached hydrogens (tertiary/aromatic N) is 1. The van der Waals surface area contributed by atoms with Crippen molar-refractivity contribution in [3.8, 4) is 0 Å². The van der Waals surface area contributed by atoms with Crippen molar-refractivity contribution in [3.63, 3.8) is 0 Å². The van der Waals surface area contributed by atoms with E-state index in [4.69, 9.17) is 11.6 Å². The van der Waals surface area contributed by atoms with Crippen molar-refractivity contribution in [3.05, 3.63) is 70.2 Å². The summed E-state index contributed by atoms with van der Waals surface area (Å²) < 4.78 is 0. The average molecular weight is 302 g/mol. The molecule has 2 aromatic rings. The van der Waals surface area contributed by atoms with Crippen molar-refractivity contribution in [1.82, 2.24) is 4.90 Å². The molecular weight excluding hydrogens is 286 g/mol. The maximum Gasteiger partial charge on any atom is 0.321 e. The standard InChI is InChI=1S/C17H16ClNO2/c18-15-7-6-13-9-16(17(20)21)19(11-14(13)8-15)10-12-4-2-1-3-5-12/h1-8,16H,9-11H2,(H,20,21)/t16-/m0/s1. The molecule has 4 heteroatoms. The van der Waals surface area contributed by atoms with Crippen LogP contribution in [0.3, 0.4) is 0 Å². The summed E-state index contributed by atoms with van der Waals surface area (Å²) in [5.41, 5.74) is 3.32. The predicted octanol–water partition coefficient (Wildman–Crippen LogP) is 3.35. The second kappa shape index (κ2) is 5.88. The van der Waals surface area contributed by atoms with Crippen LogP contribution in [-0.4, -0.2) is 22.0 Å². The maximum absolute atomic E-state index is 11.6. The summed E-state index contributed by atoms with van der Waals surface area (Å²) in [7, 11) is 0. The molecule has 0 saturated carbocycles. The summed E-state index contributed by atoms with van der Waals surface area (Å²) in [5.74, 6) is -0.772. The third-order valence-corrected chi connectivity index (χ3v) is 4.14. The monoisotopic (exact) mass is 301 g/mol. The van der Waals surface area contributed by atoms with Gasteiger partial charge in [0, 0.05) is 18.1 Å². The van der Waals surface area contributed by atoms with Gasteiger partial charge in [0.1, 0.15) is 6.04 Å². The van der Waals surface area contributed by atoms with Gasteiger partial charge in [-0.25, -0.2) is 0 Å². The van der Waals surface area contributed by atoms with Crippen LogP contribution in [0.1, 0.15) is 16.7 Å². The van der Waals surface area contributed by atoms with Gasteiger partial charge in [-0.2, -0.15) is 0 Å². The zero-order chi connectivity index (χ0) is 14.8. The van der Waals surface area contributed by atoms with Crippen LogP contribution < -0.4 is 0 Å². The fourth-order valence-electron chi connectivity index (χ4n) is 2.83. The van der Waals surface area contributed by atoms with Gasteiger partial charge < -0.3 is 5.11 Å². The first kappa shape index (κ1) is 14.1. The lowest BCUT2D eigenvalue weighted by molar-refractivity contribution is -0.144. The molecule has 21 heavy (non-hydrogen) atoms. The smallest absolute Gasteiger partial charge is 0.321 e. The highest BCUT2D eigenvalue weighted by molar-refractivity contribution is 6.30. The Morgan fingerprint density at radius 3 is 2.67 bits per heavy atom. The first-order valence-corrected chi connectivity index (χ1v) is 7.29. The Balaban J connectivity index is 1.89. The Morgan fingerprint density at radius 1 is 1.19 bits per heavy atom. The van der Waals surface area contributed by atoms with Gasteiger partial charge in [-0.05, 0) is 35.2 Å². The molecule has 0 unspecified atom stereocenters. The molecule has 1 aliphatic rings. The van der Waals surface area contributed by atoms with E-state index in [0.29, 0.717) is 24.5 Å². The van der Waals surface area contributed by atoms with Crippen molar-refractivity contribution in [1.29, 1.82) is 0 Å². The minimum Gasteiger partial charge on any atom is -0.480 e. The van der Waals surface area contributed by atoms with Crippen LogP contribution in [0.5, 0.6) is 0 Å². The van der Waals surface area contributed by atoms with E-state index in [1.165, 1.54) is 0 Å². The molecule has 3 rings (SSSR count). The fraction of sp³-hybridized carbons (Fsp3) is 0.235. The van der Waals surface area contributed by atoms with Crippen LogP contribution in [0.25, 0.3) is 0 Å². The lowest BCUT2D eigenvalue weighted by atomic mass is 9.93. The number of carboxylic acids is 1. The minimum atomic E-state index is -0.772. The Labute approximate surface area is 128 Å². The van der Waals surface area contributed by atoms with Gasteiger partial charge in [-0.3, -0.25) is 9.69 Å². The van der Waals surface area contributed by atoms with Crippen LogP contribution >= 0.6 is 11.6 Å². The number of hydrogen-bond donors (Lipinski definition) is 1. The quantitative estimate of drug-likeness (QED) is 0.945. The first-order valence-electron chi connectivity index (χ1n) is 6.91. The third-order valence-electron chi connectivity index (χ3n) is 3.91. The molecule has 1 heterocycles. The van der Waals surface area contributed by atoms with Crippen LogP contribution in [0.15, 0.2) is 48.5 Å². The van der Waals surface area contributed by atoms with Gasteiger partial charge in [0.05, 0.1) is 0 Å². The van der Waals surface area contributed by atoms with E-state index in [-0.39, 0.29) is 0 Å². The van der Waals surface area contributed by atoms with Gasteiger partial charge in [0.2, 0.25) is 0 Å². The fourth-order valence-corrected chi connectivity index (χ4v) is 3.03. The Bertz CT molecular complexity index is 657. The van der Waals surface area contributed by atoms with E-state index in [1.807, 2.05) is 53.4 Å². The van der Waals surface area contributed by atoms with Crippen LogP contribution in [0.4, 0.5) is 0 Å². The molecule has 0 radical (unpaired) electrons. The number of carboxylic acid groups (broad SMARTS) is 1. The van der Waals surface area contributed by atoms with Crippen molar-refractivity contribution in [2.24, 2.45) is 0 Å². The molecule has 1 atom stereocenters. The molecule has 1 N–H and O–H groups in total. The van der Waals surface area contributed by atoms with Crippen molar-refractivity contribution in [2.45, 2.75) is 25.6 Å². The molecule has 3 nitrogen and oxygen atoms in total. The summed E-state index contributed by atoms with van der Waals surface area (Å²) in [6.45, 7) is 1.24. The van der Waals surface area contributed by atoms with E-state index in [1.54, 1.807) is 0 Å². The van der Waals surface area contributed by atoms with E-state index >= 15 is 0 Å². The molecular formula is C17H16ClNO2. The average Bonchev–Trinajstić information content (AvgIpc) is 2.47. The SMILES string of the molecule is O=C(O)[C@@H]1Cc2ccc(Cl)cc2CN1Cc1ccccc1. The van der Waals surface area contributed by atoms with E-state index in [2.05, 4.69) is 0 Å². The number of benzene rings is 2. The number of aliphatic carboxylic acids is 1. The largest absolute Gasteiger partial charge is 0.480 e. The van der Waals surface area contributed by atoms with Gasteiger partial charge in [-0.1, -0.05) is 48.0 Å². The highest BCUT2D eigenvalue weighted by Crippen LogP contribution is 2.27. The number of fused-ring (bicyclic) bond motifs is 1. The number of hydrogen-bond acceptors (Lipinski definition) is 2. The highest BCUT2D eigenvalue weighted by Gasteiger charge is 2.31. The molecule has 0 amide bonds. The second-order valence-corrected chi connectivity index (χ2v) is 5.80. The molecule has 2 aromatic carbocycles. The van der Waals surface area contributed by atoms with Crippen LogP contribution in [0, 0.1) is 0 Å². The maximum atomic E-state index is 11.6. The van der Waals surface area contributed by atoms with Crippen LogP contribution in [0.2, 0.25) is 5.02 Å². The van der Waals surface area contributed by atoms with E-state index < -0.39 is 12.0 Å². The molecule has 0 aromatic heterocycles. The number of rotatable bonds is 3. The van der Waals surface area contributed by atoms with Gasteiger partial charge >= 0.3 is 5.97 Å². The van der Waals surface area contributed by atoms with Crippen molar-refractivity contribution < 1.29 is 9.90 Å². The van der Waals surface area contributed by atoms with Gasteiger partial charge in [0.15, 0.2) is 0 Å². The summed E-state index contributed by atoms with van der Waals surface area (Å²) >= 11 is 6.05. The molecule has 0 bridgehead atoms. The normalized spacial score (nSPS) is 18.2. The summed E-state index contributed by atoms with van der Waals surface area (Å²) in [6.07, 6.45) is 0.522. The summed E-state index contributed by atoms with van der Waals surface area (Å²) in [4.78, 5) is 13.6. The Morgan fingerprint density at radius 2 is 1.95 bits per heavy atom. The number of carbonyl (C=O) groups is 1. The van der Waals surface area contributed by atoms with E-state index in [0.717, 1.165) is 16.7 Å². The summed E-state index contributed by atoms with van der Waals surface area (Å²) in [6, 6.07) is 15.2. The second-order valence-electron chi connectivity index (χ2n) is 5.36. The third kappa shape index (κ3) is 3.09. The molecule has 0 saturated heterocycles. The van der Waals surface area contributed by atoms with E-state index in [9.17, 15) is 9.90 Å². The Hall–Kier alpha value is -1.84. The van der Waals surface area contributed by atoms with Crippen molar-refractivity contribution >= 4 is 17.6 Å². The Kier molecular flexibility index (Phi) is 3.95. The summed E-state index contributed by atoms with van der Waals surface area (Å²) in [5, 5.41) is 10.2. The topological polar surface area (TPSA) is 40.5 Å². The molecule has 108 valence electrons. The van der Waals surface area contributed by atoms with Gasteiger partial charge in [-0.15, -0.1) is 0 Å². The zero-order valence-electron chi connectivity index (χ0n) is 11.5.